The monoisotopic (exact) mass is 360 g/mol. The molecule has 5 heteroatoms. The average molecular weight is 361 g/mol. The number of rotatable bonds is 3. The third-order valence-electron chi connectivity index (χ3n) is 5.28. The van der Waals surface area contributed by atoms with Gasteiger partial charge in [-0.25, -0.2) is 0 Å². The first-order chi connectivity index (χ1) is 11.9. The van der Waals surface area contributed by atoms with E-state index in [1.54, 1.807) is 0 Å². The Kier molecular flexibility index (Phi) is 5.42. The van der Waals surface area contributed by atoms with Crippen LogP contribution >= 0.6 is 11.8 Å². The van der Waals surface area contributed by atoms with Gasteiger partial charge in [0.15, 0.2) is 0 Å². The lowest BCUT2D eigenvalue weighted by Crippen LogP contribution is -2.53. The molecule has 0 saturated carbocycles. The Morgan fingerprint density at radius 1 is 1.16 bits per heavy atom. The van der Waals surface area contributed by atoms with E-state index in [1.807, 2.05) is 47.9 Å². The van der Waals surface area contributed by atoms with Crippen molar-refractivity contribution in [3.05, 3.63) is 35.4 Å². The first kappa shape index (κ1) is 18.3. The van der Waals surface area contributed by atoms with Gasteiger partial charge in [0.1, 0.15) is 0 Å². The average Bonchev–Trinajstić information content (AvgIpc) is 2.98. The second-order valence-electron chi connectivity index (χ2n) is 7.55. The van der Waals surface area contributed by atoms with E-state index in [9.17, 15) is 9.59 Å². The van der Waals surface area contributed by atoms with E-state index in [0.717, 1.165) is 49.4 Å². The molecule has 136 valence electrons. The molecule has 2 aliphatic heterocycles. The number of carbonyl (C=O) groups excluding carboxylic acids is 2. The van der Waals surface area contributed by atoms with Gasteiger partial charge in [-0.05, 0) is 37.3 Å². The van der Waals surface area contributed by atoms with Crippen LogP contribution in [0.2, 0.25) is 0 Å². The zero-order valence-electron chi connectivity index (χ0n) is 15.5. The molecule has 0 unspecified atom stereocenters. The summed E-state index contributed by atoms with van der Waals surface area (Å²) in [4.78, 5) is 29.4. The summed E-state index contributed by atoms with van der Waals surface area (Å²) in [6.07, 6.45) is 2.37. The number of thioether (sulfide) groups is 1. The minimum absolute atomic E-state index is 0.131. The van der Waals surface area contributed by atoms with Crippen LogP contribution in [0.1, 0.15) is 49.0 Å². The predicted molar refractivity (Wildman–Crippen MR) is 103 cm³/mol. The Morgan fingerprint density at radius 3 is 2.48 bits per heavy atom. The molecule has 2 heterocycles. The van der Waals surface area contributed by atoms with Gasteiger partial charge in [-0.2, -0.15) is 0 Å². The molecule has 2 saturated heterocycles. The number of aryl methyl sites for hydroxylation is 1. The molecule has 2 amide bonds. The Hall–Kier alpha value is -1.49. The van der Waals surface area contributed by atoms with Crippen molar-refractivity contribution in [2.45, 2.75) is 44.9 Å². The van der Waals surface area contributed by atoms with Crippen LogP contribution in [0.5, 0.6) is 0 Å². The van der Waals surface area contributed by atoms with Crippen molar-refractivity contribution in [2.75, 3.05) is 25.4 Å². The maximum atomic E-state index is 13.1. The molecule has 0 N–H and O–H groups in total. The Labute approximate surface area is 154 Å². The maximum Gasteiger partial charge on any atom is 0.255 e. The standard InChI is InChI=1S/C20H28N2O2S/c1-15(2)14-18(23)21-10-8-20(9-11-21)22(12-13-25-20)19(24)17-7-5-4-6-16(17)3/h4-7,15H,8-14H2,1-3H3. The van der Waals surface area contributed by atoms with Crippen molar-refractivity contribution < 1.29 is 9.59 Å². The molecule has 1 aromatic carbocycles. The largest absolute Gasteiger partial charge is 0.342 e. The Balaban J connectivity index is 1.71. The smallest absolute Gasteiger partial charge is 0.255 e. The highest BCUT2D eigenvalue weighted by Gasteiger charge is 2.47. The van der Waals surface area contributed by atoms with Gasteiger partial charge >= 0.3 is 0 Å². The van der Waals surface area contributed by atoms with Crippen LogP contribution in [0.4, 0.5) is 0 Å². The SMILES string of the molecule is Cc1ccccc1C(=O)N1CCSC12CCN(C(=O)CC(C)C)CC2. The molecule has 3 rings (SSSR count). The van der Waals surface area contributed by atoms with Gasteiger partial charge in [-0.1, -0.05) is 32.0 Å². The number of amides is 2. The summed E-state index contributed by atoms with van der Waals surface area (Å²) in [5.41, 5.74) is 1.84. The summed E-state index contributed by atoms with van der Waals surface area (Å²) < 4.78 is 0. The highest BCUT2D eigenvalue weighted by molar-refractivity contribution is 8.00. The third-order valence-corrected chi connectivity index (χ3v) is 6.83. The van der Waals surface area contributed by atoms with Crippen LogP contribution in [0, 0.1) is 12.8 Å². The van der Waals surface area contributed by atoms with Crippen molar-refractivity contribution in [2.24, 2.45) is 5.92 Å². The van der Waals surface area contributed by atoms with E-state index in [4.69, 9.17) is 0 Å². The first-order valence-corrected chi connectivity index (χ1v) is 10.2. The zero-order valence-corrected chi connectivity index (χ0v) is 16.3. The van der Waals surface area contributed by atoms with E-state index < -0.39 is 0 Å². The highest BCUT2D eigenvalue weighted by atomic mass is 32.2. The topological polar surface area (TPSA) is 40.6 Å². The van der Waals surface area contributed by atoms with Gasteiger partial charge in [0.05, 0.1) is 4.87 Å². The van der Waals surface area contributed by atoms with Gasteiger partial charge in [-0.3, -0.25) is 9.59 Å². The molecule has 1 spiro atoms. The van der Waals surface area contributed by atoms with Crippen molar-refractivity contribution in [1.29, 1.82) is 0 Å². The fourth-order valence-corrected chi connectivity index (χ4v) is 5.31. The number of nitrogens with zero attached hydrogens (tertiary/aromatic N) is 2. The molecule has 1 aromatic rings. The van der Waals surface area contributed by atoms with Crippen LogP contribution in [0.25, 0.3) is 0 Å². The molecule has 2 fully saturated rings. The van der Waals surface area contributed by atoms with Gasteiger partial charge in [-0.15, -0.1) is 11.8 Å². The molecule has 25 heavy (non-hydrogen) atoms. The molecule has 2 aliphatic rings. The van der Waals surface area contributed by atoms with E-state index in [1.165, 1.54) is 0 Å². The summed E-state index contributed by atoms with van der Waals surface area (Å²) in [6, 6.07) is 7.83. The van der Waals surface area contributed by atoms with E-state index in [2.05, 4.69) is 18.7 Å². The molecule has 0 radical (unpaired) electrons. The normalized spacial score (nSPS) is 19.7. The molecular formula is C20H28N2O2S. The van der Waals surface area contributed by atoms with Crippen LogP contribution in [-0.2, 0) is 4.79 Å². The summed E-state index contributed by atoms with van der Waals surface area (Å²) in [7, 11) is 0. The summed E-state index contributed by atoms with van der Waals surface area (Å²) >= 11 is 1.90. The lowest BCUT2D eigenvalue weighted by molar-refractivity contribution is -0.133. The fourth-order valence-electron chi connectivity index (χ4n) is 3.85. The first-order valence-electron chi connectivity index (χ1n) is 9.22. The second-order valence-corrected chi connectivity index (χ2v) is 9.00. The van der Waals surface area contributed by atoms with Gasteiger partial charge in [0, 0.05) is 37.4 Å². The number of likely N-dealkylation sites (tertiary alicyclic amines) is 1. The number of benzene rings is 1. The van der Waals surface area contributed by atoms with Crippen molar-refractivity contribution in [3.8, 4) is 0 Å². The lowest BCUT2D eigenvalue weighted by Gasteiger charge is -2.44. The number of piperidine rings is 1. The van der Waals surface area contributed by atoms with Crippen molar-refractivity contribution in [1.82, 2.24) is 9.80 Å². The Morgan fingerprint density at radius 2 is 1.84 bits per heavy atom. The van der Waals surface area contributed by atoms with Crippen LogP contribution in [-0.4, -0.2) is 51.9 Å². The van der Waals surface area contributed by atoms with E-state index in [-0.39, 0.29) is 16.7 Å². The highest BCUT2D eigenvalue weighted by Crippen LogP contribution is 2.44. The zero-order chi connectivity index (χ0) is 18.0. The molecule has 0 aromatic heterocycles. The van der Waals surface area contributed by atoms with Crippen LogP contribution in [0.15, 0.2) is 24.3 Å². The second kappa shape index (κ2) is 7.40. The quantitative estimate of drug-likeness (QED) is 0.828. The maximum absolute atomic E-state index is 13.1. The van der Waals surface area contributed by atoms with E-state index >= 15 is 0 Å². The van der Waals surface area contributed by atoms with Crippen molar-refractivity contribution in [3.63, 3.8) is 0 Å². The minimum Gasteiger partial charge on any atom is -0.342 e. The molecular weight excluding hydrogens is 332 g/mol. The van der Waals surface area contributed by atoms with Gasteiger partial charge in [0.25, 0.3) is 5.91 Å². The third kappa shape index (κ3) is 3.71. The van der Waals surface area contributed by atoms with Crippen LogP contribution < -0.4 is 0 Å². The number of hydrogen-bond acceptors (Lipinski definition) is 3. The van der Waals surface area contributed by atoms with Gasteiger partial charge in [0.2, 0.25) is 5.91 Å². The number of carbonyl (C=O) groups is 2. The summed E-state index contributed by atoms with van der Waals surface area (Å²) in [5, 5.41) is 0. The minimum atomic E-state index is -0.131. The summed E-state index contributed by atoms with van der Waals surface area (Å²) in [6.45, 7) is 8.48. The molecule has 0 aliphatic carbocycles. The number of hydrogen-bond donors (Lipinski definition) is 0. The molecule has 0 bridgehead atoms. The van der Waals surface area contributed by atoms with E-state index in [0.29, 0.717) is 12.3 Å². The van der Waals surface area contributed by atoms with Crippen molar-refractivity contribution >= 4 is 23.6 Å². The summed E-state index contributed by atoms with van der Waals surface area (Å²) in [5.74, 6) is 1.77. The van der Waals surface area contributed by atoms with Crippen LogP contribution in [0.3, 0.4) is 0 Å². The fraction of sp³-hybridized carbons (Fsp3) is 0.600. The molecule has 0 atom stereocenters. The molecule has 4 nitrogen and oxygen atoms in total. The Bertz CT molecular complexity index is 651. The predicted octanol–water partition coefficient (Wildman–Crippen LogP) is 3.55. The van der Waals surface area contributed by atoms with Gasteiger partial charge < -0.3 is 9.80 Å². The lowest BCUT2D eigenvalue weighted by atomic mass is 9.99.